The van der Waals surface area contributed by atoms with Gasteiger partial charge in [0.15, 0.2) is 0 Å². The predicted molar refractivity (Wildman–Crippen MR) is 67.4 cm³/mol. The summed E-state index contributed by atoms with van der Waals surface area (Å²) in [5.74, 6) is -0.789. The van der Waals surface area contributed by atoms with Crippen molar-refractivity contribution in [2.24, 2.45) is 5.73 Å². The summed E-state index contributed by atoms with van der Waals surface area (Å²) in [4.78, 5) is 3.99. The lowest BCUT2D eigenvalue weighted by atomic mass is 9.90. The molecule has 0 saturated heterocycles. The second-order valence-corrected chi connectivity index (χ2v) is 4.09. The van der Waals surface area contributed by atoms with E-state index in [4.69, 9.17) is 5.73 Å². The largest absolute Gasteiger partial charge is 0.388 e. The molecule has 94 valence electrons. The van der Waals surface area contributed by atoms with Gasteiger partial charge in [-0.05, 0) is 17.7 Å². The SMILES string of the molecule is NCC(c1cccnc1)C(O)c1ccccc1F. The van der Waals surface area contributed by atoms with Crippen LogP contribution < -0.4 is 5.73 Å². The Morgan fingerprint density at radius 3 is 2.61 bits per heavy atom. The van der Waals surface area contributed by atoms with E-state index in [0.29, 0.717) is 0 Å². The summed E-state index contributed by atoms with van der Waals surface area (Å²) in [5.41, 5.74) is 6.75. The van der Waals surface area contributed by atoms with Gasteiger partial charge in [-0.2, -0.15) is 0 Å². The lowest BCUT2D eigenvalue weighted by molar-refractivity contribution is 0.143. The van der Waals surface area contributed by atoms with Crippen LogP contribution in [-0.4, -0.2) is 16.6 Å². The number of nitrogens with two attached hydrogens (primary N) is 1. The van der Waals surface area contributed by atoms with Crippen molar-refractivity contribution in [3.8, 4) is 0 Å². The van der Waals surface area contributed by atoms with Crippen LogP contribution in [0.1, 0.15) is 23.1 Å². The monoisotopic (exact) mass is 246 g/mol. The minimum atomic E-state index is -0.972. The smallest absolute Gasteiger partial charge is 0.129 e. The molecule has 0 fully saturated rings. The van der Waals surface area contributed by atoms with Crippen molar-refractivity contribution >= 4 is 0 Å². The second-order valence-electron chi connectivity index (χ2n) is 4.09. The molecule has 0 radical (unpaired) electrons. The molecule has 3 N–H and O–H groups in total. The number of hydrogen-bond acceptors (Lipinski definition) is 3. The average Bonchev–Trinajstić information content (AvgIpc) is 2.41. The third-order valence-electron chi connectivity index (χ3n) is 2.97. The zero-order chi connectivity index (χ0) is 13.0. The highest BCUT2D eigenvalue weighted by molar-refractivity contribution is 5.26. The van der Waals surface area contributed by atoms with Gasteiger partial charge in [0.05, 0.1) is 6.10 Å². The number of rotatable bonds is 4. The van der Waals surface area contributed by atoms with Gasteiger partial charge in [0, 0.05) is 30.4 Å². The molecule has 2 atom stereocenters. The van der Waals surface area contributed by atoms with Gasteiger partial charge in [-0.1, -0.05) is 24.3 Å². The number of hydrogen-bond donors (Lipinski definition) is 2. The van der Waals surface area contributed by atoms with E-state index in [0.717, 1.165) is 5.56 Å². The van der Waals surface area contributed by atoms with Gasteiger partial charge in [-0.15, -0.1) is 0 Å². The number of aliphatic hydroxyl groups excluding tert-OH is 1. The highest BCUT2D eigenvalue weighted by Crippen LogP contribution is 2.30. The predicted octanol–water partition coefficient (Wildman–Crippen LogP) is 2.00. The quantitative estimate of drug-likeness (QED) is 0.867. The van der Waals surface area contributed by atoms with Gasteiger partial charge in [0.1, 0.15) is 5.82 Å². The standard InChI is InChI=1S/C14H15FN2O/c15-13-6-2-1-5-11(13)14(18)12(8-16)10-4-3-7-17-9-10/h1-7,9,12,14,18H,8,16H2. The fraction of sp³-hybridized carbons (Fsp3) is 0.214. The molecule has 0 aliphatic rings. The number of nitrogens with zero attached hydrogens (tertiary/aromatic N) is 1. The topological polar surface area (TPSA) is 59.1 Å². The third-order valence-corrected chi connectivity index (χ3v) is 2.97. The van der Waals surface area contributed by atoms with Crippen LogP contribution in [0.15, 0.2) is 48.8 Å². The van der Waals surface area contributed by atoms with Crippen molar-refractivity contribution in [2.75, 3.05) is 6.54 Å². The van der Waals surface area contributed by atoms with Crippen molar-refractivity contribution in [1.29, 1.82) is 0 Å². The fourth-order valence-corrected chi connectivity index (χ4v) is 1.97. The molecule has 4 heteroatoms. The molecule has 18 heavy (non-hydrogen) atoms. The minimum Gasteiger partial charge on any atom is -0.388 e. The molecule has 2 unspecified atom stereocenters. The number of benzene rings is 1. The van der Waals surface area contributed by atoms with E-state index in [1.165, 1.54) is 6.07 Å². The van der Waals surface area contributed by atoms with Crippen molar-refractivity contribution in [3.05, 3.63) is 65.7 Å². The number of halogens is 1. The Morgan fingerprint density at radius 2 is 2.00 bits per heavy atom. The highest BCUT2D eigenvalue weighted by Gasteiger charge is 2.23. The minimum absolute atomic E-state index is 0.223. The molecule has 0 aliphatic carbocycles. The number of aliphatic hydroxyl groups is 1. The Kier molecular flexibility index (Phi) is 4.02. The van der Waals surface area contributed by atoms with E-state index in [2.05, 4.69) is 4.98 Å². The second kappa shape index (κ2) is 5.71. The first-order valence-electron chi connectivity index (χ1n) is 5.76. The van der Waals surface area contributed by atoms with Crippen LogP contribution in [0.3, 0.4) is 0 Å². The molecule has 0 saturated carbocycles. The molecule has 0 aliphatic heterocycles. The lowest BCUT2D eigenvalue weighted by Crippen LogP contribution is -2.21. The van der Waals surface area contributed by atoms with Crippen LogP contribution in [-0.2, 0) is 0 Å². The van der Waals surface area contributed by atoms with E-state index in [1.807, 2.05) is 6.07 Å². The maximum Gasteiger partial charge on any atom is 0.129 e. The summed E-state index contributed by atoms with van der Waals surface area (Å²) in [6.45, 7) is 0.223. The van der Waals surface area contributed by atoms with Crippen LogP contribution in [0.25, 0.3) is 0 Å². The maximum atomic E-state index is 13.6. The molecule has 2 rings (SSSR count). The summed E-state index contributed by atoms with van der Waals surface area (Å²) >= 11 is 0. The van der Waals surface area contributed by atoms with Gasteiger partial charge in [0.25, 0.3) is 0 Å². The molecular weight excluding hydrogens is 231 g/mol. The van der Waals surface area contributed by atoms with Crippen molar-refractivity contribution in [3.63, 3.8) is 0 Å². The first-order chi connectivity index (χ1) is 8.74. The summed E-state index contributed by atoms with van der Waals surface area (Å²) in [6.07, 6.45) is 2.31. The Balaban J connectivity index is 2.32. The summed E-state index contributed by atoms with van der Waals surface area (Å²) in [5, 5.41) is 10.3. The Labute approximate surface area is 105 Å². The Hall–Kier alpha value is -1.78. The fourth-order valence-electron chi connectivity index (χ4n) is 1.97. The molecule has 2 aromatic rings. The van der Waals surface area contributed by atoms with Gasteiger partial charge >= 0.3 is 0 Å². The van der Waals surface area contributed by atoms with E-state index in [-0.39, 0.29) is 18.0 Å². The van der Waals surface area contributed by atoms with E-state index in [9.17, 15) is 9.50 Å². The maximum absolute atomic E-state index is 13.6. The van der Waals surface area contributed by atoms with Gasteiger partial charge in [0.2, 0.25) is 0 Å². The van der Waals surface area contributed by atoms with Crippen LogP contribution in [0.2, 0.25) is 0 Å². The molecule has 0 bridgehead atoms. The van der Waals surface area contributed by atoms with Crippen LogP contribution >= 0.6 is 0 Å². The summed E-state index contributed by atoms with van der Waals surface area (Å²) in [7, 11) is 0. The van der Waals surface area contributed by atoms with E-state index >= 15 is 0 Å². The normalized spacial score (nSPS) is 14.2. The van der Waals surface area contributed by atoms with Crippen LogP contribution in [0.5, 0.6) is 0 Å². The first-order valence-corrected chi connectivity index (χ1v) is 5.76. The van der Waals surface area contributed by atoms with E-state index in [1.54, 1.807) is 36.7 Å². The summed E-state index contributed by atoms with van der Waals surface area (Å²) in [6, 6.07) is 9.78. The van der Waals surface area contributed by atoms with Crippen LogP contribution in [0.4, 0.5) is 4.39 Å². The van der Waals surface area contributed by atoms with Crippen LogP contribution in [0, 0.1) is 5.82 Å². The lowest BCUT2D eigenvalue weighted by Gasteiger charge is -2.22. The molecule has 3 nitrogen and oxygen atoms in total. The molecule has 1 aromatic heterocycles. The Morgan fingerprint density at radius 1 is 1.22 bits per heavy atom. The van der Waals surface area contributed by atoms with Gasteiger partial charge in [-0.25, -0.2) is 4.39 Å². The molecular formula is C14H15FN2O. The zero-order valence-electron chi connectivity index (χ0n) is 9.83. The highest BCUT2D eigenvalue weighted by atomic mass is 19.1. The zero-order valence-corrected chi connectivity index (χ0v) is 9.83. The van der Waals surface area contributed by atoms with Crippen molar-refractivity contribution in [1.82, 2.24) is 4.98 Å². The van der Waals surface area contributed by atoms with Gasteiger partial charge in [-0.3, -0.25) is 4.98 Å². The van der Waals surface area contributed by atoms with E-state index < -0.39 is 11.9 Å². The molecule has 1 heterocycles. The third kappa shape index (κ3) is 2.55. The summed E-state index contributed by atoms with van der Waals surface area (Å²) < 4.78 is 13.6. The number of aromatic nitrogens is 1. The molecule has 0 amide bonds. The average molecular weight is 246 g/mol. The molecule has 0 spiro atoms. The molecule has 1 aromatic carbocycles. The van der Waals surface area contributed by atoms with Crippen molar-refractivity contribution in [2.45, 2.75) is 12.0 Å². The first kappa shape index (κ1) is 12.7. The number of pyridine rings is 1. The Bertz CT molecular complexity index is 504. The van der Waals surface area contributed by atoms with Crippen molar-refractivity contribution < 1.29 is 9.50 Å². The van der Waals surface area contributed by atoms with Gasteiger partial charge < -0.3 is 10.8 Å².